The Bertz CT molecular complexity index is 430. The van der Waals surface area contributed by atoms with E-state index in [4.69, 9.17) is 15.2 Å². The molecule has 0 aromatic heterocycles. The third-order valence-corrected chi connectivity index (χ3v) is 2.33. The Balaban J connectivity index is 2.46. The van der Waals surface area contributed by atoms with Crippen molar-refractivity contribution in [1.82, 2.24) is 0 Å². The van der Waals surface area contributed by atoms with Gasteiger partial charge in [0.15, 0.2) is 23.9 Å². The number of nitrogens with two attached hydrogens (primary N) is 1. The molecule has 16 heavy (non-hydrogen) atoms. The molecule has 0 spiro atoms. The van der Waals surface area contributed by atoms with E-state index in [-0.39, 0.29) is 11.3 Å². The fourth-order valence-corrected chi connectivity index (χ4v) is 1.54. The van der Waals surface area contributed by atoms with Gasteiger partial charge in [-0.2, -0.15) is 0 Å². The van der Waals surface area contributed by atoms with E-state index in [1.165, 1.54) is 6.07 Å². The molecular formula is C11H11NO4. The summed E-state index contributed by atoms with van der Waals surface area (Å²) in [5.41, 5.74) is 5.44. The quantitative estimate of drug-likeness (QED) is 0.738. The summed E-state index contributed by atoms with van der Waals surface area (Å²) >= 11 is 0. The van der Waals surface area contributed by atoms with Crippen LogP contribution in [0.3, 0.4) is 0 Å². The minimum absolute atomic E-state index is 0.228. The van der Waals surface area contributed by atoms with E-state index >= 15 is 0 Å². The van der Waals surface area contributed by atoms with Crippen LogP contribution in [0.15, 0.2) is 18.2 Å². The van der Waals surface area contributed by atoms with Crippen molar-refractivity contribution in [1.29, 1.82) is 0 Å². The molecule has 1 aliphatic rings. The van der Waals surface area contributed by atoms with Crippen LogP contribution in [0.2, 0.25) is 0 Å². The summed E-state index contributed by atoms with van der Waals surface area (Å²) in [6.07, 6.45) is 0.550. The van der Waals surface area contributed by atoms with Crippen LogP contribution in [0.25, 0.3) is 0 Å². The van der Waals surface area contributed by atoms with Crippen molar-refractivity contribution in [3.63, 3.8) is 0 Å². The number of carbonyl (C=O) groups excluding carboxylic acids is 2. The van der Waals surface area contributed by atoms with Crippen molar-refractivity contribution in [3.05, 3.63) is 23.8 Å². The number of amides is 1. The van der Waals surface area contributed by atoms with Crippen molar-refractivity contribution < 1.29 is 19.1 Å². The van der Waals surface area contributed by atoms with Gasteiger partial charge in [-0.25, -0.2) is 0 Å². The molecule has 84 valence electrons. The Hall–Kier alpha value is -2.04. The number of benzene rings is 1. The van der Waals surface area contributed by atoms with Gasteiger partial charge in [0, 0.05) is 6.42 Å². The fraction of sp³-hybridized carbons (Fsp3) is 0.273. The first-order valence-electron chi connectivity index (χ1n) is 4.90. The van der Waals surface area contributed by atoms with Crippen LogP contribution in [-0.4, -0.2) is 24.9 Å². The maximum absolute atomic E-state index is 11.2. The smallest absolute Gasteiger partial charge is 0.252 e. The van der Waals surface area contributed by atoms with Crippen molar-refractivity contribution >= 4 is 12.2 Å². The Morgan fingerprint density at radius 3 is 3.00 bits per heavy atom. The molecule has 0 fully saturated rings. The SMILES string of the molecule is NC(=O)c1cccc2c1OC(C=O)CCO2. The number of primary amides is 1. The van der Waals surface area contributed by atoms with E-state index in [1.54, 1.807) is 12.1 Å². The number of rotatable bonds is 2. The summed E-state index contributed by atoms with van der Waals surface area (Å²) in [6.45, 7) is 0.374. The molecule has 1 unspecified atom stereocenters. The predicted octanol–water partition coefficient (Wildman–Crippen LogP) is 0.514. The van der Waals surface area contributed by atoms with Crippen LogP contribution in [0.4, 0.5) is 0 Å². The molecule has 0 saturated carbocycles. The maximum Gasteiger partial charge on any atom is 0.252 e. The number of para-hydroxylation sites is 1. The monoisotopic (exact) mass is 221 g/mol. The van der Waals surface area contributed by atoms with E-state index in [2.05, 4.69) is 0 Å². The number of fused-ring (bicyclic) bond motifs is 1. The summed E-state index contributed by atoms with van der Waals surface area (Å²) < 4.78 is 10.8. The average molecular weight is 221 g/mol. The normalized spacial score (nSPS) is 18.6. The lowest BCUT2D eigenvalue weighted by molar-refractivity contribution is -0.113. The second kappa shape index (κ2) is 4.22. The van der Waals surface area contributed by atoms with Gasteiger partial charge in [-0.05, 0) is 12.1 Å². The lowest BCUT2D eigenvalue weighted by atomic mass is 10.1. The van der Waals surface area contributed by atoms with Gasteiger partial charge in [-0.15, -0.1) is 0 Å². The fourth-order valence-electron chi connectivity index (χ4n) is 1.54. The molecule has 0 bridgehead atoms. The van der Waals surface area contributed by atoms with Crippen LogP contribution in [-0.2, 0) is 4.79 Å². The Labute approximate surface area is 92.1 Å². The first-order valence-corrected chi connectivity index (χ1v) is 4.90. The molecule has 5 nitrogen and oxygen atoms in total. The highest BCUT2D eigenvalue weighted by atomic mass is 16.5. The van der Waals surface area contributed by atoms with Gasteiger partial charge in [0.05, 0.1) is 12.2 Å². The topological polar surface area (TPSA) is 78.6 Å². The molecule has 0 radical (unpaired) electrons. The zero-order chi connectivity index (χ0) is 11.5. The van der Waals surface area contributed by atoms with Crippen LogP contribution in [0.1, 0.15) is 16.8 Å². The number of carbonyl (C=O) groups is 2. The average Bonchev–Trinajstić information content (AvgIpc) is 2.49. The van der Waals surface area contributed by atoms with Gasteiger partial charge in [0.2, 0.25) is 0 Å². The molecule has 1 aromatic rings. The molecule has 1 heterocycles. The summed E-state index contributed by atoms with van der Waals surface area (Å²) in [7, 11) is 0. The number of hydrogen-bond acceptors (Lipinski definition) is 4. The molecule has 1 amide bonds. The van der Waals surface area contributed by atoms with Crippen molar-refractivity contribution in [2.24, 2.45) is 5.73 Å². The zero-order valence-corrected chi connectivity index (χ0v) is 8.51. The van der Waals surface area contributed by atoms with Crippen molar-refractivity contribution in [3.8, 4) is 11.5 Å². The minimum atomic E-state index is -0.605. The molecule has 1 atom stereocenters. The van der Waals surface area contributed by atoms with E-state index in [9.17, 15) is 9.59 Å². The molecule has 2 rings (SSSR count). The van der Waals surface area contributed by atoms with Crippen LogP contribution in [0, 0.1) is 0 Å². The van der Waals surface area contributed by atoms with Gasteiger partial charge in [-0.1, -0.05) is 6.07 Å². The molecule has 0 aliphatic carbocycles. The largest absolute Gasteiger partial charge is 0.490 e. The van der Waals surface area contributed by atoms with E-state index in [0.717, 1.165) is 0 Å². The minimum Gasteiger partial charge on any atom is -0.490 e. The lowest BCUT2D eigenvalue weighted by Crippen LogP contribution is -2.20. The first-order chi connectivity index (χ1) is 7.72. The standard InChI is InChI=1S/C11H11NO4/c12-11(14)8-2-1-3-9-10(8)16-7(6-13)4-5-15-9/h1-3,6-7H,4-5H2,(H2,12,14). The van der Waals surface area contributed by atoms with Gasteiger partial charge in [0.25, 0.3) is 5.91 Å². The van der Waals surface area contributed by atoms with Crippen LogP contribution < -0.4 is 15.2 Å². The van der Waals surface area contributed by atoms with Gasteiger partial charge in [-0.3, -0.25) is 9.59 Å². The highest BCUT2D eigenvalue weighted by Crippen LogP contribution is 2.34. The molecule has 5 heteroatoms. The molecule has 1 aliphatic heterocycles. The summed E-state index contributed by atoms with van der Waals surface area (Å²) in [5, 5.41) is 0. The lowest BCUT2D eigenvalue weighted by Gasteiger charge is -2.12. The number of hydrogen-bond donors (Lipinski definition) is 1. The summed E-state index contributed by atoms with van der Waals surface area (Å²) in [4.78, 5) is 21.9. The Kier molecular flexibility index (Phi) is 2.76. The second-order valence-corrected chi connectivity index (χ2v) is 3.43. The highest BCUT2D eigenvalue weighted by Gasteiger charge is 2.22. The number of aldehydes is 1. The molecule has 2 N–H and O–H groups in total. The molecule has 1 aromatic carbocycles. The van der Waals surface area contributed by atoms with E-state index in [1.807, 2.05) is 0 Å². The van der Waals surface area contributed by atoms with Gasteiger partial charge < -0.3 is 15.2 Å². The predicted molar refractivity (Wildman–Crippen MR) is 55.6 cm³/mol. The zero-order valence-electron chi connectivity index (χ0n) is 8.51. The van der Waals surface area contributed by atoms with Crippen LogP contribution in [0.5, 0.6) is 11.5 Å². The Morgan fingerprint density at radius 2 is 2.31 bits per heavy atom. The van der Waals surface area contributed by atoms with Crippen molar-refractivity contribution in [2.45, 2.75) is 12.5 Å². The van der Waals surface area contributed by atoms with Crippen LogP contribution >= 0.6 is 0 Å². The van der Waals surface area contributed by atoms with Gasteiger partial charge >= 0.3 is 0 Å². The Morgan fingerprint density at radius 1 is 1.50 bits per heavy atom. The van der Waals surface area contributed by atoms with E-state index in [0.29, 0.717) is 25.1 Å². The maximum atomic E-state index is 11.2. The van der Waals surface area contributed by atoms with Crippen molar-refractivity contribution in [2.75, 3.05) is 6.61 Å². The molecular weight excluding hydrogens is 210 g/mol. The third-order valence-electron chi connectivity index (χ3n) is 2.33. The third kappa shape index (κ3) is 1.84. The first kappa shape index (κ1) is 10.5. The molecule has 0 saturated heterocycles. The van der Waals surface area contributed by atoms with Gasteiger partial charge in [0.1, 0.15) is 0 Å². The second-order valence-electron chi connectivity index (χ2n) is 3.43. The summed E-state index contributed by atoms with van der Waals surface area (Å²) in [6, 6.07) is 4.87. The number of ether oxygens (including phenoxy) is 2. The van der Waals surface area contributed by atoms with E-state index < -0.39 is 12.0 Å². The highest BCUT2D eigenvalue weighted by molar-refractivity contribution is 5.96. The summed E-state index contributed by atoms with van der Waals surface area (Å²) in [5.74, 6) is 0.0947.